The van der Waals surface area contributed by atoms with E-state index in [1.165, 1.54) is 0 Å². The van der Waals surface area contributed by atoms with Crippen molar-refractivity contribution < 1.29 is 9.47 Å². The molecule has 0 saturated heterocycles. The van der Waals surface area contributed by atoms with Crippen LogP contribution in [0.15, 0.2) is 42.5 Å². The van der Waals surface area contributed by atoms with Crippen LogP contribution in [-0.4, -0.2) is 11.8 Å². The second kappa shape index (κ2) is 7.12. The summed E-state index contributed by atoms with van der Waals surface area (Å²) in [5, 5.41) is 0. The van der Waals surface area contributed by atoms with Gasteiger partial charge >= 0.3 is 0 Å². The second-order valence-electron chi connectivity index (χ2n) is 4.13. The molecule has 100 valence electrons. The van der Waals surface area contributed by atoms with Gasteiger partial charge in [0.15, 0.2) is 6.79 Å². The van der Waals surface area contributed by atoms with Gasteiger partial charge in [-0.25, -0.2) is 0 Å². The fourth-order valence-electron chi connectivity index (χ4n) is 1.66. The van der Waals surface area contributed by atoms with E-state index in [0.717, 1.165) is 17.0 Å². The topological polar surface area (TPSA) is 31.4 Å². The lowest BCUT2D eigenvalue weighted by atomic mass is 10.2. The molecule has 2 aromatic rings. The first-order valence-electron chi connectivity index (χ1n) is 6.06. The molecule has 0 aliphatic heterocycles. The Labute approximate surface area is 118 Å². The van der Waals surface area contributed by atoms with Crippen molar-refractivity contribution in [2.75, 3.05) is 6.79 Å². The number of hydrogen-bond donors (Lipinski definition) is 0. The summed E-state index contributed by atoms with van der Waals surface area (Å²) in [6, 6.07) is 13.7. The monoisotopic (exact) mass is 277 g/mol. The first-order chi connectivity index (χ1) is 9.29. The van der Waals surface area contributed by atoms with Crippen LogP contribution in [0.25, 0.3) is 0 Å². The summed E-state index contributed by atoms with van der Waals surface area (Å²) in [4.78, 5) is 4.32. The van der Waals surface area contributed by atoms with E-state index in [1.54, 1.807) is 0 Å². The van der Waals surface area contributed by atoms with E-state index in [2.05, 4.69) is 4.98 Å². The van der Waals surface area contributed by atoms with Crippen molar-refractivity contribution in [2.24, 2.45) is 0 Å². The lowest BCUT2D eigenvalue weighted by Crippen LogP contribution is -2.05. The zero-order valence-corrected chi connectivity index (χ0v) is 11.6. The molecule has 0 bridgehead atoms. The molecular formula is C15H16ClNO2. The molecule has 19 heavy (non-hydrogen) atoms. The van der Waals surface area contributed by atoms with E-state index in [1.807, 2.05) is 49.4 Å². The van der Waals surface area contributed by atoms with Crippen LogP contribution in [0.5, 0.6) is 5.75 Å². The predicted octanol–water partition coefficient (Wildman–Crippen LogP) is 3.68. The van der Waals surface area contributed by atoms with Gasteiger partial charge in [0.2, 0.25) is 0 Å². The fourth-order valence-corrected chi connectivity index (χ4v) is 1.86. The fraction of sp³-hybridized carbons (Fsp3) is 0.267. The molecule has 1 aromatic heterocycles. The molecular weight excluding hydrogens is 262 g/mol. The van der Waals surface area contributed by atoms with E-state index in [0.29, 0.717) is 18.2 Å². The molecule has 0 unspecified atom stereocenters. The number of aromatic nitrogens is 1. The van der Waals surface area contributed by atoms with Crippen LogP contribution >= 0.6 is 11.6 Å². The van der Waals surface area contributed by atoms with Gasteiger partial charge in [-0.15, -0.1) is 11.6 Å². The van der Waals surface area contributed by atoms with Crippen molar-refractivity contribution in [1.29, 1.82) is 0 Å². The minimum Gasteiger partial charge on any atom is -0.466 e. The van der Waals surface area contributed by atoms with Crippen molar-refractivity contribution in [1.82, 2.24) is 4.98 Å². The van der Waals surface area contributed by atoms with Crippen LogP contribution in [0.4, 0.5) is 0 Å². The highest BCUT2D eigenvalue weighted by atomic mass is 35.5. The normalized spacial score (nSPS) is 10.4. The Kier molecular flexibility index (Phi) is 5.19. The van der Waals surface area contributed by atoms with Gasteiger partial charge in [-0.05, 0) is 24.6 Å². The SMILES string of the molecule is Cc1ccc(OCOCc2ccccc2)c(CCl)n1. The van der Waals surface area contributed by atoms with Crippen LogP contribution in [0.3, 0.4) is 0 Å². The van der Waals surface area contributed by atoms with Crippen molar-refractivity contribution in [3.63, 3.8) is 0 Å². The van der Waals surface area contributed by atoms with Gasteiger partial charge in [-0.2, -0.15) is 0 Å². The van der Waals surface area contributed by atoms with Crippen LogP contribution in [0.1, 0.15) is 17.0 Å². The highest BCUT2D eigenvalue weighted by Gasteiger charge is 2.04. The summed E-state index contributed by atoms with van der Waals surface area (Å²) in [7, 11) is 0. The Morgan fingerprint density at radius 1 is 1.11 bits per heavy atom. The molecule has 0 radical (unpaired) electrons. The number of alkyl halides is 1. The van der Waals surface area contributed by atoms with Crippen molar-refractivity contribution in [2.45, 2.75) is 19.4 Å². The standard InChI is InChI=1S/C15H16ClNO2/c1-12-7-8-15(14(9-16)17-12)19-11-18-10-13-5-3-2-4-6-13/h2-8H,9-11H2,1H3. The smallest absolute Gasteiger partial charge is 0.189 e. The molecule has 0 N–H and O–H groups in total. The van der Waals surface area contributed by atoms with E-state index in [-0.39, 0.29) is 6.79 Å². The summed E-state index contributed by atoms with van der Waals surface area (Å²) in [5.41, 5.74) is 2.78. The number of halogens is 1. The zero-order chi connectivity index (χ0) is 13.5. The molecule has 2 rings (SSSR count). The van der Waals surface area contributed by atoms with Crippen LogP contribution < -0.4 is 4.74 Å². The maximum absolute atomic E-state index is 5.83. The Morgan fingerprint density at radius 3 is 2.63 bits per heavy atom. The third-order valence-electron chi connectivity index (χ3n) is 2.61. The second-order valence-corrected chi connectivity index (χ2v) is 4.39. The third kappa shape index (κ3) is 4.23. The number of rotatable bonds is 6. The largest absolute Gasteiger partial charge is 0.466 e. The molecule has 0 fully saturated rings. The highest BCUT2D eigenvalue weighted by molar-refractivity contribution is 6.17. The van der Waals surface area contributed by atoms with Gasteiger partial charge in [0.05, 0.1) is 18.2 Å². The number of benzene rings is 1. The maximum atomic E-state index is 5.83. The minimum atomic E-state index is 0.184. The number of pyridine rings is 1. The molecule has 0 saturated carbocycles. The number of nitrogens with zero attached hydrogens (tertiary/aromatic N) is 1. The lowest BCUT2D eigenvalue weighted by Gasteiger charge is -2.10. The molecule has 1 aromatic carbocycles. The Bertz CT molecular complexity index is 517. The molecule has 1 heterocycles. The van der Waals surface area contributed by atoms with E-state index in [4.69, 9.17) is 21.1 Å². The Morgan fingerprint density at radius 2 is 1.89 bits per heavy atom. The average Bonchev–Trinajstić information content (AvgIpc) is 2.46. The Balaban J connectivity index is 1.83. The molecule has 0 aliphatic rings. The van der Waals surface area contributed by atoms with E-state index >= 15 is 0 Å². The first-order valence-corrected chi connectivity index (χ1v) is 6.60. The van der Waals surface area contributed by atoms with Crippen molar-refractivity contribution >= 4 is 11.6 Å². The van der Waals surface area contributed by atoms with E-state index in [9.17, 15) is 0 Å². The van der Waals surface area contributed by atoms with Gasteiger partial charge < -0.3 is 9.47 Å². The summed E-state index contributed by atoms with van der Waals surface area (Å²) in [6.45, 7) is 2.63. The summed E-state index contributed by atoms with van der Waals surface area (Å²) >= 11 is 5.83. The number of aryl methyl sites for hydroxylation is 1. The van der Waals surface area contributed by atoms with Crippen molar-refractivity contribution in [3.05, 3.63) is 59.4 Å². The summed E-state index contributed by atoms with van der Waals surface area (Å²) in [6.07, 6.45) is 0. The minimum absolute atomic E-state index is 0.184. The quantitative estimate of drug-likeness (QED) is 0.458. The lowest BCUT2D eigenvalue weighted by molar-refractivity contribution is 0.00439. The van der Waals surface area contributed by atoms with Gasteiger partial charge in [0.25, 0.3) is 0 Å². The summed E-state index contributed by atoms with van der Waals surface area (Å²) < 4.78 is 11.0. The van der Waals surface area contributed by atoms with Crippen LogP contribution in [0, 0.1) is 6.92 Å². The molecule has 0 spiro atoms. The first kappa shape index (κ1) is 13.8. The van der Waals surface area contributed by atoms with Gasteiger partial charge in [0.1, 0.15) is 5.75 Å². The zero-order valence-electron chi connectivity index (χ0n) is 10.8. The summed E-state index contributed by atoms with van der Waals surface area (Å²) in [5.74, 6) is 1.00. The van der Waals surface area contributed by atoms with Crippen LogP contribution in [0.2, 0.25) is 0 Å². The van der Waals surface area contributed by atoms with Crippen molar-refractivity contribution in [3.8, 4) is 5.75 Å². The number of ether oxygens (including phenoxy) is 2. The predicted molar refractivity (Wildman–Crippen MR) is 75.3 cm³/mol. The molecule has 0 aliphatic carbocycles. The molecule has 0 amide bonds. The van der Waals surface area contributed by atoms with Gasteiger partial charge in [0, 0.05) is 5.69 Å². The number of hydrogen-bond acceptors (Lipinski definition) is 3. The van der Waals surface area contributed by atoms with Crippen LogP contribution in [-0.2, 0) is 17.2 Å². The maximum Gasteiger partial charge on any atom is 0.189 e. The highest BCUT2D eigenvalue weighted by Crippen LogP contribution is 2.18. The molecule has 0 atom stereocenters. The molecule has 4 heteroatoms. The Hall–Kier alpha value is -1.58. The van der Waals surface area contributed by atoms with Gasteiger partial charge in [-0.1, -0.05) is 30.3 Å². The van der Waals surface area contributed by atoms with E-state index < -0.39 is 0 Å². The molecule has 3 nitrogen and oxygen atoms in total. The third-order valence-corrected chi connectivity index (χ3v) is 2.86. The van der Waals surface area contributed by atoms with Gasteiger partial charge in [-0.3, -0.25) is 4.98 Å². The average molecular weight is 278 g/mol.